The number of ether oxygens (including phenoxy) is 2. The van der Waals surface area contributed by atoms with E-state index in [0.29, 0.717) is 37.4 Å². The number of nitrogens with two attached hydrogens (primary N) is 1. The molecule has 1 aromatic rings. The first-order chi connectivity index (χ1) is 8.15. The van der Waals surface area contributed by atoms with Crippen molar-refractivity contribution in [3.8, 4) is 0 Å². The zero-order chi connectivity index (χ0) is 12.3. The minimum Gasteiger partial charge on any atom is -0.384 e. The summed E-state index contributed by atoms with van der Waals surface area (Å²) in [7, 11) is 0. The minimum absolute atomic E-state index is 0.182. The monoisotopic (exact) mass is 237 g/mol. The number of anilines is 1. The van der Waals surface area contributed by atoms with Crippen LogP contribution in [0.2, 0.25) is 0 Å². The number of rotatable bonds is 3. The number of hydrogen-bond donors (Lipinski definition) is 1. The van der Waals surface area contributed by atoms with Gasteiger partial charge in [-0.15, -0.1) is 0 Å². The fourth-order valence-electron chi connectivity index (χ4n) is 1.84. The van der Waals surface area contributed by atoms with Crippen molar-refractivity contribution in [2.24, 2.45) is 5.92 Å². The summed E-state index contributed by atoms with van der Waals surface area (Å²) in [5.41, 5.74) is 6.76. The van der Waals surface area contributed by atoms with Gasteiger partial charge in [-0.3, -0.25) is 0 Å². The third-order valence-corrected chi connectivity index (χ3v) is 2.54. The lowest BCUT2D eigenvalue weighted by atomic mass is 10.1. The number of nitrogen functional groups attached to an aromatic ring is 1. The van der Waals surface area contributed by atoms with E-state index >= 15 is 0 Å². The molecule has 1 aromatic heterocycles. The molecule has 0 amide bonds. The fraction of sp³-hybridized carbons (Fsp3) is 0.667. The standard InChI is InChI=1S/C12H19N3O2/c1-8(2)5-9-6-11(13)15-12(14-9)10-7-16-3-4-17-10/h6,8,10H,3-5,7H2,1-2H3,(H2,13,14,15). The molecule has 2 rings (SSSR count). The van der Waals surface area contributed by atoms with Crippen LogP contribution in [-0.4, -0.2) is 29.8 Å². The molecule has 1 fully saturated rings. The molecule has 5 nitrogen and oxygen atoms in total. The van der Waals surface area contributed by atoms with Crippen LogP contribution in [0.25, 0.3) is 0 Å². The second kappa shape index (κ2) is 5.42. The molecule has 5 heteroatoms. The van der Waals surface area contributed by atoms with Crippen molar-refractivity contribution in [1.82, 2.24) is 9.97 Å². The fourth-order valence-corrected chi connectivity index (χ4v) is 1.84. The summed E-state index contributed by atoms with van der Waals surface area (Å²) in [6.07, 6.45) is 0.714. The molecule has 0 aliphatic carbocycles. The first kappa shape index (κ1) is 12.3. The second-order valence-electron chi connectivity index (χ2n) is 4.67. The number of aromatic nitrogens is 2. The Bertz CT molecular complexity index is 376. The molecule has 0 saturated carbocycles. The van der Waals surface area contributed by atoms with Crippen LogP contribution >= 0.6 is 0 Å². The Hall–Kier alpha value is -1.20. The van der Waals surface area contributed by atoms with E-state index in [1.165, 1.54) is 0 Å². The summed E-state index contributed by atoms with van der Waals surface area (Å²) in [5, 5.41) is 0. The molecular formula is C12H19N3O2. The van der Waals surface area contributed by atoms with Gasteiger partial charge in [0.1, 0.15) is 11.9 Å². The average molecular weight is 237 g/mol. The molecule has 2 N–H and O–H groups in total. The van der Waals surface area contributed by atoms with E-state index in [0.717, 1.165) is 12.1 Å². The second-order valence-corrected chi connectivity index (χ2v) is 4.67. The average Bonchev–Trinajstić information content (AvgIpc) is 2.28. The topological polar surface area (TPSA) is 70.3 Å². The Kier molecular flexibility index (Phi) is 3.91. The van der Waals surface area contributed by atoms with Gasteiger partial charge in [0, 0.05) is 11.8 Å². The molecule has 0 bridgehead atoms. The molecule has 94 valence electrons. The third-order valence-electron chi connectivity index (χ3n) is 2.54. The summed E-state index contributed by atoms with van der Waals surface area (Å²) in [6.45, 7) is 6.03. The Morgan fingerprint density at radius 1 is 1.41 bits per heavy atom. The summed E-state index contributed by atoms with van der Waals surface area (Å²) in [5.74, 6) is 1.68. The van der Waals surface area contributed by atoms with Crippen molar-refractivity contribution in [2.75, 3.05) is 25.6 Å². The molecule has 17 heavy (non-hydrogen) atoms. The molecule has 1 aliphatic rings. The molecule has 1 aliphatic heterocycles. The first-order valence-electron chi connectivity index (χ1n) is 5.98. The maximum absolute atomic E-state index is 5.79. The van der Waals surface area contributed by atoms with Crippen LogP contribution < -0.4 is 5.73 Å². The van der Waals surface area contributed by atoms with Crippen LogP contribution in [0.5, 0.6) is 0 Å². The molecule has 2 heterocycles. The van der Waals surface area contributed by atoms with E-state index < -0.39 is 0 Å². The van der Waals surface area contributed by atoms with Crippen molar-refractivity contribution >= 4 is 5.82 Å². The van der Waals surface area contributed by atoms with E-state index in [1.54, 1.807) is 0 Å². The van der Waals surface area contributed by atoms with Crippen LogP contribution in [0.15, 0.2) is 6.07 Å². The van der Waals surface area contributed by atoms with E-state index in [4.69, 9.17) is 15.2 Å². The van der Waals surface area contributed by atoms with E-state index in [1.807, 2.05) is 6.07 Å². The smallest absolute Gasteiger partial charge is 0.162 e. The van der Waals surface area contributed by atoms with Crippen molar-refractivity contribution < 1.29 is 9.47 Å². The number of hydrogen-bond acceptors (Lipinski definition) is 5. The molecule has 1 unspecified atom stereocenters. The van der Waals surface area contributed by atoms with Gasteiger partial charge in [0.25, 0.3) is 0 Å². The van der Waals surface area contributed by atoms with Crippen molar-refractivity contribution in [3.05, 3.63) is 17.6 Å². The lowest BCUT2D eigenvalue weighted by Crippen LogP contribution is -2.24. The van der Waals surface area contributed by atoms with Gasteiger partial charge in [0.15, 0.2) is 5.82 Å². The van der Waals surface area contributed by atoms with Crippen LogP contribution in [0.3, 0.4) is 0 Å². The van der Waals surface area contributed by atoms with Crippen LogP contribution in [-0.2, 0) is 15.9 Å². The van der Waals surface area contributed by atoms with Crippen LogP contribution in [0.1, 0.15) is 31.5 Å². The highest BCUT2D eigenvalue weighted by Crippen LogP contribution is 2.19. The van der Waals surface area contributed by atoms with Gasteiger partial charge >= 0.3 is 0 Å². The van der Waals surface area contributed by atoms with Gasteiger partial charge in [-0.25, -0.2) is 9.97 Å². The van der Waals surface area contributed by atoms with E-state index in [9.17, 15) is 0 Å². The van der Waals surface area contributed by atoms with Gasteiger partial charge in [-0.05, 0) is 12.3 Å². The molecular weight excluding hydrogens is 218 g/mol. The normalized spacial score (nSPS) is 20.8. The van der Waals surface area contributed by atoms with Gasteiger partial charge in [-0.1, -0.05) is 13.8 Å². The van der Waals surface area contributed by atoms with E-state index in [-0.39, 0.29) is 6.10 Å². The Morgan fingerprint density at radius 2 is 2.24 bits per heavy atom. The van der Waals surface area contributed by atoms with Crippen molar-refractivity contribution in [1.29, 1.82) is 0 Å². The highest BCUT2D eigenvalue weighted by molar-refractivity contribution is 5.30. The summed E-state index contributed by atoms with van der Waals surface area (Å²) >= 11 is 0. The third kappa shape index (κ3) is 3.38. The van der Waals surface area contributed by atoms with Gasteiger partial charge in [0.05, 0.1) is 19.8 Å². The molecule has 0 radical (unpaired) electrons. The Morgan fingerprint density at radius 3 is 2.88 bits per heavy atom. The van der Waals surface area contributed by atoms with Crippen LogP contribution in [0, 0.1) is 5.92 Å². The van der Waals surface area contributed by atoms with Crippen molar-refractivity contribution in [2.45, 2.75) is 26.4 Å². The molecule has 0 spiro atoms. The zero-order valence-corrected chi connectivity index (χ0v) is 10.3. The van der Waals surface area contributed by atoms with Crippen LogP contribution in [0.4, 0.5) is 5.82 Å². The SMILES string of the molecule is CC(C)Cc1cc(N)nc(C2COCCO2)n1. The summed E-state index contributed by atoms with van der Waals surface area (Å²) < 4.78 is 10.9. The highest BCUT2D eigenvalue weighted by Gasteiger charge is 2.20. The lowest BCUT2D eigenvalue weighted by molar-refractivity contribution is -0.0935. The minimum atomic E-state index is -0.182. The maximum atomic E-state index is 5.79. The predicted molar refractivity (Wildman–Crippen MR) is 64.5 cm³/mol. The van der Waals surface area contributed by atoms with Gasteiger partial charge in [0.2, 0.25) is 0 Å². The van der Waals surface area contributed by atoms with Crippen molar-refractivity contribution in [3.63, 3.8) is 0 Å². The maximum Gasteiger partial charge on any atom is 0.162 e. The summed E-state index contributed by atoms with van der Waals surface area (Å²) in [6, 6.07) is 1.83. The Labute approximate surface area is 101 Å². The predicted octanol–water partition coefficient (Wildman–Crippen LogP) is 1.35. The highest BCUT2D eigenvalue weighted by atomic mass is 16.6. The molecule has 1 atom stereocenters. The summed E-state index contributed by atoms with van der Waals surface area (Å²) in [4.78, 5) is 8.73. The number of nitrogens with zero attached hydrogens (tertiary/aromatic N) is 2. The van der Waals surface area contributed by atoms with Gasteiger partial charge < -0.3 is 15.2 Å². The van der Waals surface area contributed by atoms with E-state index in [2.05, 4.69) is 23.8 Å². The first-order valence-corrected chi connectivity index (χ1v) is 5.98. The quantitative estimate of drug-likeness (QED) is 0.859. The Balaban J connectivity index is 2.18. The van der Waals surface area contributed by atoms with Gasteiger partial charge in [-0.2, -0.15) is 0 Å². The zero-order valence-electron chi connectivity index (χ0n) is 10.3. The largest absolute Gasteiger partial charge is 0.384 e. The molecule has 1 saturated heterocycles. The lowest BCUT2D eigenvalue weighted by Gasteiger charge is -2.22. The molecule has 0 aromatic carbocycles.